The molecule has 2 amide bonds. The van der Waals surface area contributed by atoms with E-state index < -0.39 is 12.1 Å². The van der Waals surface area contributed by atoms with E-state index in [4.69, 9.17) is 9.72 Å². The number of benzene rings is 3. The second kappa shape index (κ2) is 11.3. The molecule has 2 fully saturated rings. The number of ketones is 1. The Bertz CT molecular complexity index is 1670. The number of nitrogens with zero attached hydrogens (tertiary/aromatic N) is 2. The second-order valence-corrected chi connectivity index (χ2v) is 11.2. The first-order valence-corrected chi connectivity index (χ1v) is 14.6. The SMILES string of the molecule is CCC(OC(=O)c1cc(-c2ccc(N3C(=O)C4CCCCC4C3=O)cc2)nc2ccc(C)cc12)C(=O)c1ccccc1. The molecule has 0 radical (unpaired) electrons. The Morgan fingerprint density at radius 2 is 1.57 bits per heavy atom. The van der Waals surface area contributed by atoms with Crippen molar-refractivity contribution in [3.63, 3.8) is 0 Å². The Morgan fingerprint density at radius 3 is 2.21 bits per heavy atom. The van der Waals surface area contributed by atoms with Gasteiger partial charge in [0.2, 0.25) is 17.6 Å². The van der Waals surface area contributed by atoms with Crippen molar-refractivity contribution >= 4 is 40.2 Å². The van der Waals surface area contributed by atoms with Crippen molar-refractivity contribution in [1.82, 2.24) is 4.98 Å². The minimum atomic E-state index is -0.921. The molecule has 1 saturated heterocycles. The van der Waals surface area contributed by atoms with Crippen LogP contribution in [0.4, 0.5) is 5.69 Å². The molecule has 6 rings (SSSR count). The van der Waals surface area contributed by atoms with Crippen LogP contribution in [-0.2, 0) is 14.3 Å². The second-order valence-electron chi connectivity index (χ2n) is 11.2. The minimum absolute atomic E-state index is 0.114. The number of amides is 2. The highest BCUT2D eigenvalue weighted by molar-refractivity contribution is 6.22. The maximum atomic E-state index is 13.6. The number of carbonyl (C=O) groups excluding carboxylic acids is 4. The van der Waals surface area contributed by atoms with Gasteiger partial charge in [-0.15, -0.1) is 0 Å². The summed E-state index contributed by atoms with van der Waals surface area (Å²) in [6.45, 7) is 3.75. The van der Waals surface area contributed by atoms with Crippen molar-refractivity contribution in [2.45, 2.75) is 52.1 Å². The predicted molar refractivity (Wildman–Crippen MR) is 160 cm³/mol. The van der Waals surface area contributed by atoms with Crippen LogP contribution in [0, 0.1) is 18.8 Å². The third kappa shape index (κ3) is 5.00. The third-order valence-corrected chi connectivity index (χ3v) is 8.42. The fourth-order valence-corrected chi connectivity index (χ4v) is 6.16. The van der Waals surface area contributed by atoms with Crippen LogP contribution in [0.1, 0.15) is 65.3 Å². The number of ether oxygens (including phenoxy) is 1. The molecular weight excluding hydrogens is 528 g/mol. The van der Waals surface area contributed by atoms with Gasteiger partial charge in [-0.2, -0.15) is 0 Å². The van der Waals surface area contributed by atoms with Crippen LogP contribution in [0.2, 0.25) is 0 Å². The summed E-state index contributed by atoms with van der Waals surface area (Å²) in [4.78, 5) is 58.9. The Morgan fingerprint density at radius 1 is 0.905 bits per heavy atom. The van der Waals surface area contributed by atoms with E-state index in [-0.39, 0.29) is 29.4 Å². The van der Waals surface area contributed by atoms with Gasteiger partial charge < -0.3 is 4.74 Å². The predicted octanol–water partition coefficient (Wildman–Crippen LogP) is 6.71. The van der Waals surface area contributed by atoms with Crippen LogP contribution >= 0.6 is 0 Å². The molecule has 212 valence electrons. The molecule has 0 spiro atoms. The number of pyridine rings is 1. The molecule has 3 atom stereocenters. The summed E-state index contributed by atoms with van der Waals surface area (Å²) in [6.07, 6.45) is 2.90. The van der Waals surface area contributed by atoms with Gasteiger partial charge in [0.25, 0.3) is 0 Å². The molecule has 1 aliphatic heterocycles. The van der Waals surface area contributed by atoms with Crippen LogP contribution in [0.25, 0.3) is 22.2 Å². The number of fused-ring (bicyclic) bond motifs is 2. The average molecular weight is 561 g/mol. The highest BCUT2D eigenvalue weighted by Crippen LogP contribution is 2.40. The lowest BCUT2D eigenvalue weighted by molar-refractivity contribution is -0.122. The number of hydrogen-bond donors (Lipinski definition) is 0. The van der Waals surface area contributed by atoms with Crippen molar-refractivity contribution in [2.75, 3.05) is 4.90 Å². The topological polar surface area (TPSA) is 93.6 Å². The molecule has 2 aliphatic rings. The molecule has 7 nitrogen and oxygen atoms in total. The van der Waals surface area contributed by atoms with Gasteiger partial charge in [-0.05, 0) is 56.5 Å². The lowest BCUT2D eigenvalue weighted by atomic mass is 9.81. The first-order valence-electron chi connectivity index (χ1n) is 14.6. The Labute approximate surface area is 244 Å². The number of aromatic nitrogens is 1. The van der Waals surface area contributed by atoms with E-state index in [9.17, 15) is 19.2 Å². The maximum absolute atomic E-state index is 13.6. The maximum Gasteiger partial charge on any atom is 0.339 e. The van der Waals surface area contributed by atoms with Gasteiger partial charge in [-0.3, -0.25) is 19.3 Å². The fraction of sp³-hybridized carbons (Fsp3) is 0.286. The monoisotopic (exact) mass is 560 g/mol. The lowest BCUT2D eigenvalue weighted by Crippen LogP contribution is -2.30. The zero-order valence-corrected chi connectivity index (χ0v) is 23.7. The van der Waals surface area contributed by atoms with Gasteiger partial charge in [0, 0.05) is 16.5 Å². The molecule has 7 heteroatoms. The molecule has 1 saturated carbocycles. The summed E-state index contributed by atoms with van der Waals surface area (Å²) >= 11 is 0. The number of anilines is 1. The summed E-state index contributed by atoms with van der Waals surface area (Å²) in [6, 6.07) is 23.3. The molecule has 0 N–H and O–H groups in total. The number of rotatable bonds is 7. The normalized spacial score (nSPS) is 19.0. The number of hydrogen-bond acceptors (Lipinski definition) is 6. The van der Waals surface area contributed by atoms with E-state index in [0.717, 1.165) is 36.8 Å². The van der Waals surface area contributed by atoms with E-state index in [1.807, 2.05) is 50.2 Å². The van der Waals surface area contributed by atoms with E-state index >= 15 is 0 Å². The fourth-order valence-electron chi connectivity index (χ4n) is 6.16. The highest BCUT2D eigenvalue weighted by atomic mass is 16.5. The zero-order valence-electron chi connectivity index (χ0n) is 23.7. The number of aryl methyl sites for hydroxylation is 1. The molecular formula is C35H32N2O5. The number of Topliss-reactive ketones (excluding diaryl/α,β-unsaturated/α-hetero) is 1. The van der Waals surface area contributed by atoms with Crippen LogP contribution in [0.5, 0.6) is 0 Å². The van der Waals surface area contributed by atoms with Crippen LogP contribution < -0.4 is 4.90 Å². The van der Waals surface area contributed by atoms with E-state index in [1.165, 1.54) is 4.90 Å². The quantitative estimate of drug-likeness (QED) is 0.142. The Hall–Kier alpha value is -4.65. The smallest absolute Gasteiger partial charge is 0.339 e. The van der Waals surface area contributed by atoms with Crippen LogP contribution in [0.15, 0.2) is 78.9 Å². The van der Waals surface area contributed by atoms with Crippen molar-refractivity contribution in [1.29, 1.82) is 0 Å². The van der Waals surface area contributed by atoms with Crippen LogP contribution in [-0.4, -0.2) is 34.7 Å². The zero-order chi connectivity index (χ0) is 29.4. The summed E-state index contributed by atoms with van der Waals surface area (Å²) in [5, 5.41) is 0.637. The molecule has 3 unspecified atom stereocenters. The van der Waals surface area contributed by atoms with Gasteiger partial charge in [0.05, 0.1) is 34.3 Å². The number of imide groups is 1. The number of esters is 1. The molecule has 1 aromatic heterocycles. The highest BCUT2D eigenvalue weighted by Gasteiger charge is 2.48. The molecule has 3 aromatic carbocycles. The molecule has 1 aliphatic carbocycles. The molecule has 2 heterocycles. The largest absolute Gasteiger partial charge is 0.450 e. The lowest BCUT2D eigenvalue weighted by Gasteiger charge is -2.19. The van der Waals surface area contributed by atoms with Crippen molar-refractivity contribution < 1.29 is 23.9 Å². The van der Waals surface area contributed by atoms with E-state index in [2.05, 4.69) is 0 Å². The molecule has 4 aromatic rings. The van der Waals surface area contributed by atoms with Gasteiger partial charge in [0.1, 0.15) is 0 Å². The first-order chi connectivity index (χ1) is 20.4. The van der Waals surface area contributed by atoms with Crippen molar-refractivity contribution in [3.8, 4) is 11.3 Å². The van der Waals surface area contributed by atoms with Crippen molar-refractivity contribution in [3.05, 3.63) is 95.6 Å². The standard InChI is InChI=1S/C35H32N2O5/c1-3-31(32(38)23-9-5-4-6-10-23)42-35(41)28-20-30(36-29-18-13-21(2)19-27(28)29)22-14-16-24(17-15-22)37-33(39)25-11-7-8-12-26(25)34(37)40/h4-6,9-10,13-20,25-26,31H,3,7-8,11-12H2,1-2H3. The van der Waals surface area contributed by atoms with Crippen LogP contribution in [0.3, 0.4) is 0 Å². The minimum Gasteiger partial charge on any atom is -0.450 e. The Kier molecular flexibility index (Phi) is 7.42. The van der Waals surface area contributed by atoms with Gasteiger partial charge in [-0.1, -0.05) is 73.9 Å². The average Bonchev–Trinajstić information content (AvgIpc) is 3.28. The molecule has 42 heavy (non-hydrogen) atoms. The van der Waals surface area contributed by atoms with Gasteiger partial charge in [-0.25, -0.2) is 9.78 Å². The molecule has 0 bridgehead atoms. The van der Waals surface area contributed by atoms with Crippen molar-refractivity contribution in [2.24, 2.45) is 11.8 Å². The Balaban J connectivity index is 1.32. The third-order valence-electron chi connectivity index (χ3n) is 8.42. The summed E-state index contributed by atoms with van der Waals surface area (Å²) in [7, 11) is 0. The first kappa shape index (κ1) is 27.5. The van der Waals surface area contributed by atoms with Gasteiger partial charge in [0.15, 0.2) is 6.10 Å². The summed E-state index contributed by atoms with van der Waals surface area (Å²) in [5.74, 6) is -1.51. The number of carbonyl (C=O) groups is 4. The summed E-state index contributed by atoms with van der Waals surface area (Å²) in [5.41, 5.74) is 4.19. The van der Waals surface area contributed by atoms with Gasteiger partial charge >= 0.3 is 5.97 Å². The van der Waals surface area contributed by atoms with E-state index in [0.29, 0.717) is 39.8 Å². The summed E-state index contributed by atoms with van der Waals surface area (Å²) < 4.78 is 5.80. The van der Waals surface area contributed by atoms with E-state index in [1.54, 1.807) is 42.5 Å².